The van der Waals surface area contributed by atoms with Crippen LogP contribution in [0.4, 0.5) is 13.2 Å². The third kappa shape index (κ3) is 5.12. The molecule has 3 nitrogen and oxygen atoms in total. The van der Waals surface area contributed by atoms with Gasteiger partial charge in [0.15, 0.2) is 0 Å². The molecule has 0 bridgehead atoms. The fourth-order valence-corrected chi connectivity index (χ4v) is 2.06. The van der Waals surface area contributed by atoms with Gasteiger partial charge in [-0.25, -0.2) is 0 Å². The van der Waals surface area contributed by atoms with Gasteiger partial charge in [-0.05, 0) is 26.7 Å². The summed E-state index contributed by atoms with van der Waals surface area (Å²) in [5.41, 5.74) is -0.891. The molecule has 18 heavy (non-hydrogen) atoms. The molecule has 3 unspecified atom stereocenters. The molecule has 0 aromatic rings. The molecule has 0 saturated carbocycles. The van der Waals surface area contributed by atoms with E-state index in [1.165, 1.54) is 0 Å². The van der Waals surface area contributed by atoms with Gasteiger partial charge < -0.3 is 15.2 Å². The quantitative estimate of drug-likeness (QED) is 0.777. The zero-order valence-electron chi connectivity index (χ0n) is 10.9. The van der Waals surface area contributed by atoms with Crippen molar-refractivity contribution in [2.75, 3.05) is 13.2 Å². The highest BCUT2D eigenvalue weighted by Crippen LogP contribution is 2.25. The third-order valence-electron chi connectivity index (χ3n) is 3.51. The van der Waals surface area contributed by atoms with Crippen LogP contribution in [0.1, 0.15) is 39.5 Å². The summed E-state index contributed by atoms with van der Waals surface area (Å²) in [6.07, 6.45) is -3.93. The number of ether oxygens (including phenoxy) is 1. The van der Waals surface area contributed by atoms with E-state index >= 15 is 0 Å². The molecule has 0 amide bonds. The second kappa shape index (κ2) is 6.21. The van der Waals surface area contributed by atoms with Crippen LogP contribution >= 0.6 is 0 Å². The third-order valence-corrected chi connectivity index (χ3v) is 3.51. The van der Waals surface area contributed by atoms with Crippen molar-refractivity contribution in [1.29, 1.82) is 0 Å². The van der Waals surface area contributed by atoms with Crippen LogP contribution in [0.3, 0.4) is 0 Å². The van der Waals surface area contributed by atoms with E-state index in [-0.39, 0.29) is 18.6 Å². The van der Waals surface area contributed by atoms with E-state index in [1.54, 1.807) is 0 Å². The van der Waals surface area contributed by atoms with Crippen LogP contribution < -0.4 is 5.32 Å². The van der Waals surface area contributed by atoms with Crippen molar-refractivity contribution >= 4 is 0 Å². The minimum atomic E-state index is -4.08. The summed E-state index contributed by atoms with van der Waals surface area (Å²) >= 11 is 0. The SMILES string of the molecule is CC(CCCC(F)(F)F)NCC1(O)CCOC1C. The highest BCUT2D eigenvalue weighted by atomic mass is 19.4. The first-order valence-electron chi connectivity index (χ1n) is 6.37. The first kappa shape index (κ1) is 15.7. The van der Waals surface area contributed by atoms with E-state index in [2.05, 4.69) is 5.32 Å². The van der Waals surface area contributed by atoms with Crippen LogP contribution in [0.15, 0.2) is 0 Å². The number of hydrogen-bond donors (Lipinski definition) is 2. The van der Waals surface area contributed by atoms with Crippen molar-refractivity contribution in [1.82, 2.24) is 5.32 Å². The summed E-state index contributed by atoms with van der Waals surface area (Å²) in [6, 6.07) is -0.0378. The summed E-state index contributed by atoms with van der Waals surface area (Å²) in [4.78, 5) is 0. The fraction of sp³-hybridized carbons (Fsp3) is 1.00. The number of nitrogens with one attached hydrogen (secondary N) is 1. The Morgan fingerprint density at radius 2 is 2.17 bits per heavy atom. The second-order valence-electron chi connectivity index (χ2n) is 5.16. The van der Waals surface area contributed by atoms with Gasteiger partial charge in [0.05, 0.1) is 6.10 Å². The highest BCUT2D eigenvalue weighted by Gasteiger charge is 2.39. The topological polar surface area (TPSA) is 41.5 Å². The molecular weight excluding hydrogens is 247 g/mol. The van der Waals surface area contributed by atoms with E-state index < -0.39 is 18.2 Å². The number of rotatable bonds is 6. The zero-order chi connectivity index (χ0) is 13.8. The maximum Gasteiger partial charge on any atom is 0.389 e. The lowest BCUT2D eigenvalue weighted by Gasteiger charge is -2.28. The average Bonchev–Trinajstić information content (AvgIpc) is 2.55. The molecule has 1 aliphatic rings. The van der Waals surface area contributed by atoms with Crippen molar-refractivity contribution in [3.63, 3.8) is 0 Å². The lowest BCUT2D eigenvalue weighted by molar-refractivity contribution is -0.135. The number of aliphatic hydroxyl groups is 1. The predicted octanol–water partition coefficient (Wildman–Crippen LogP) is 2.24. The summed E-state index contributed by atoms with van der Waals surface area (Å²) in [5, 5.41) is 13.3. The van der Waals surface area contributed by atoms with E-state index in [9.17, 15) is 18.3 Å². The summed E-state index contributed by atoms with van der Waals surface area (Å²) < 4.78 is 41.2. The normalized spacial score (nSPS) is 30.7. The van der Waals surface area contributed by atoms with Crippen molar-refractivity contribution in [2.24, 2.45) is 0 Å². The molecule has 2 N–H and O–H groups in total. The molecular formula is C12H22F3NO2. The van der Waals surface area contributed by atoms with Gasteiger partial charge in [0.2, 0.25) is 0 Å². The van der Waals surface area contributed by atoms with Crippen LogP contribution in [-0.4, -0.2) is 42.2 Å². The van der Waals surface area contributed by atoms with Crippen LogP contribution in [0.5, 0.6) is 0 Å². The van der Waals surface area contributed by atoms with Gasteiger partial charge in [-0.1, -0.05) is 0 Å². The van der Waals surface area contributed by atoms with Crippen molar-refractivity contribution in [3.05, 3.63) is 0 Å². The number of alkyl halides is 3. The fourth-order valence-electron chi connectivity index (χ4n) is 2.06. The average molecular weight is 269 g/mol. The second-order valence-corrected chi connectivity index (χ2v) is 5.16. The Morgan fingerprint density at radius 3 is 2.67 bits per heavy atom. The first-order chi connectivity index (χ1) is 8.23. The maximum absolute atomic E-state index is 12.0. The Labute approximate surface area is 106 Å². The van der Waals surface area contributed by atoms with Gasteiger partial charge in [0, 0.05) is 32.0 Å². The monoisotopic (exact) mass is 269 g/mol. The number of halogens is 3. The highest BCUT2D eigenvalue weighted by molar-refractivity contribution is 4.92. The summed E-state index contributed by atoms with van der Waals surface area (Å²) in [7, 11) is 0. The lowest BCUT2D eigenvalue weighted by Crippen LogP contribution is -2.48. The Bertz CT molecular complexity index is 260. The van der Waals surface area contributed by atoms with Gasteiger partial charge in [0.1, 0.15) is 5.60 Å². The van der Waals surface area contributed by atoms with Crippen LogP contribution in [0, 0.1) is 0 Å². The molecule has 0 aliphatic carbocycles. The molecule has 6 heteroatoms. The molecule has 0 radical (unpaired) electrons. The van der Waals surface area contributed by atoms with E-state index in [4.69, 9.17) is 4.74 Å². The Hall–Kier alpha value is -0.330. The molecule has 108 valence electrons. The van der Waals surface area contributed by atoms with Gasteiger partial charge >= 0.3 is 6.18 Å². The zero-order valence-corrected chi connectivity index (χ0v) is 10.9. The minimum absolute atomic E-state index is 0.0378. The first-order valence-corrected chi connectivity index (χ1v) is 6.37. The lowest BCUT2D eigenvalue weighted by atomic mass is 9.96. The molecule has 0 aromatic heterocycles. The van der Waals surface area contributed by atoms with Crippen molar-refractivity contribution in [2.45, 2.75) is 63.5 Å². The van der Waals surface area contributed by atoms with Gasteiger partial charge in [-0.15, -0.1) is 0 Å². The maximum atomic E-state index is 12.0. The van der Waals surface area contributed by atoms with Crippen LogP contribution in [0.25, 0.3) is 0 Å². The predicted molar refractivity (Wildman–Crippen MR) is 62.4 cm³/mol. The van der Waals surface area contributed by atoms with Crippen LogP contribution in [0.2, 0.25) is 0 Å². The van der Waals surface area contributed by atoms with E-state index in [0.717, 1.165) is 0 Å². The number of hydrogen-bond acceptors (Lipinski definition) is 3. The standard InChI is InChI=1S/C12H22F3NO2/c1-9(4-3-5-12(13,14)15)16-8-11(17)6-7-18-10(11)2/h9-10,16-17H,3-8H2,1-2H3. The Morgan fingerprint density at radius 1 is 1.50 bits per heavy atom. The molecule has 1 rings (SSSR count). The summed E-state index contributed by atoms with van der Waals surface area (Å²) in [6.45, 7) is 4.53. The molecule has 1 heterocycles. The molecule has 0 aromatic carbocycles. The molecule has 1 fully saturated rings. The molecule has 1 aliphatic heterocycles. The Kier molecular flexibility index (Phi) is 5.43. The van der Waals surface area contributed by atoms with Gasteiger partial charge in [0.25, 0.3) is 0 Å². The van der Waals surface area contributed by atoms with Crippen molar-refractivity contribution < 1.29 is 23.0 Å². The molecule has 1 saturated heterocycles. The summed E-state index contributed by atoms with van der Waals surface area (Å²) in [5.74, 6) is 0. The van der Waals surface area contributed by atoms with E-state index in [0.29, 0.717) is 26.0 Å². The molecule has 0 spiro atoms. The molecule has 3 atom stereocenters. The van der Waals surface area contributed by atoms with Gasteiger partial charge in [-0.3, -0.25) is 0 Å². The largest absolute Gasteiger partial charge is 0.389 e. The smallest absolute Gasteiger partial charge is 0.386 e. The van der Waals surface area contributed by atoms with Gasteiger partial charge in [-0.2, -0.15) is 13.2 Å². The van der Waals surface area contributed by atoms with E-state index in [1.807, 2.05) is 13.8 Å². The minimum Gasteiger partial charge on any atom is -0.386 e. The van der Waals surface area contributed by atoms with Crippen molar-refractivity contribution in [3.8, 4) is 0 Å². The van der Waals surface area contributed by atoms with Crippen LogP contribution in [-0.2, 0) is 4.74 Å². The Balaban J connectivity index is 2.19.